The zero-order valence-corrected chi connectivity index (χ0v) is 12.4. The molecule has 2 aliphatic rings. The summed E-state index contributed by atoms with van der Waals surface area (Å²) < 4.78 is 10.9. The lowest BCUT2D eigenvalue weighted by Gasteiger charge is -2.38. The van der Waals surface area contributed by atoms with Crippen LogP contribution < -0.4 is 14.8 Å². The Morgan fingerprint density at radius 1 is 1.15 bits per heavy atom. The van der Waals surface area contributed by atoms with Gasteiger partial charge in [-0.25, -0.2) is 0 Å². The van der Waals surface area contributed by atoms with Gasteiger partial charge in [0.15, 0.2) is 0 Å². The fourth-order valence-electron chi connectivity index (χ4n) is 3.44. The first-order valence-electron chi connectivity index (χ1n) is 7.50. The minimum atomic E-state index is 0.724. The number of ether oxygens (including phenoxy) is 2. The van der Waals surface area contributed by atoms with Crippen molar-refractivity contribution in [1.29, 1.82) is 0 Å². The van der Waals surface area contributed by atoms with Gasteiger partial charge in [0.2, 0.25) is 0 Å². The molecule has 0 unspecified atom stereocenters. The molecule has 0 amide bonds. The van der Waals surface area contributed by atoms with E-state index in [0.29, 0.717) is 0 Å². The number of fused-ring (bicyclic) bond motifs is 1. The van der Waals surface area contributed by atoms with Crippen LogP contribution >= 0.6 is 0 Å². The molecule has 0 spiro atoms. The zero-order valence-electron chi connectivity index (χ0n) is 12.4. The molecule has 1 aromatic rings. The Hall–Kier alpha value is -1.26. The molecule has 1 N–H and O–H groups in total. The number of rotatable bonds is 3. The lowest BCUT2D eigenvalue weighted by Crippen LogP contribution is -2.45. The molecule has 0 saturated carbocycles. The monoisotopic (exact) mass is 276 g/mol. The van der Waals surface area contributed by atoms with Gasteiger partial charge in [0.05, 0.1) is 14.2 Å². The largest absolute Gasteiger partial charge is 0.497 e. The smallest absolute Gasteiger partial charge is 0.126 e. The highest BCUT2D eigenvalue weighted by Gasteiger charge is 2.26. The lowest BCUT2D eigenvalue weighted by molar-refractivity contribution is 0.146. The van der Waals surface area contributed by atoms with Gasteiger partial charge < -0.3 is 14.8 Å². The molecule has 1 saturated heterocycles. The first kappa shape index (κ1) is 13.7. The number of piperidine rings is 1. The van der Waals surface area contributed by atoms with Gasteiger partial charge in [-0.3, -0.25) is 4.90 Å². The van der Waals surface area contributed by atoms with Crippen molar-refractivity contribution in [3.05, 3.63) is 23.3 Å². The predicted octanol–water partition coefficient (Wildman–Crippen LogP) is 1.81. The third-order valence-electron chi connectivity index (χ3n) is 4.58. The van der Waals surface area contributed by atoms with E-state index in [9.17, 15) is 0 Å². The minimum Gasteiger partial charge on any atom is -0.497 e. The maximum Gasteiger partial charge on any atom is 0.126 e. The fourth-order valence-corrected chi connectivity index (χ4v) is 3.44. The molecule has 4 heteroatoms. The maximum absolute atomic E-state index is 5.53. The van der Waals surface area contributed by atoms with E-state index in [-0.39, 0.29) is 0 Å². The topological polar surface area (TPSA) is 33.7 Å². The van der Waals surface area contributed by atoms with Crippen molar-refractivity contribution in [2.24, 2.45) is 0 Å². The molecule has 0 radical (unpaired) electrons. The Bertz CT molecular complexity index is 470. The maximum atomic E-state index is 5.53. The molecule has 0 bridgehead atoms. The van der Waals surface area contributed by atoms with Gasteiger partial charge in [-0.1, -0.05) is 0 Å². The van der Waals surface area contributed by atoms with E-state index in [1.807, 2.05) is 6.07 Å². The molecule has 0 aromatic heterocycles. The van der Waals surface area contributed by atoms with Crippen molar-refractivity contribution in [1.82, 2.24) is 10.2 Å². The molecule has 1 fully saturated rings. The first-order chi connectivity index (χ1) is 9.81. The number of benzene rings is 1. The predicted molar refractivity (Wildman–Crippen MR) is 79.6 cm³/mol. The summed E-state index contributed by atoms with van der Waals surface area (Å²) in [7, 11) is 3.46. The number of hydrogen-bond acceptors (Lipinski definition) is 4. The Kier molecular flexibility index (Phi) is 4.13. The van der Waals surface area contributed by atoms with Crippen LogP contribution in [0.1, 0.15) is 24.0 Å². The second-order valence-electron chi connectivity index (χ2n) is 5.67. The molecule has 4 nitrogen and oxygen atoms in total. The molecular formula is C16H24N2O2. The van der Waals surface area contributed by atoms with Crippen LogP contribution in [0.3, 0.4) is 0 Å². The van der Waals surface area contributed by atoms with Gasteiger partial charge in [0.1, 0.15) is 11.5 Å². The second kappa shape index (κ2) is 6.02. The van der Waals surface area contributed by atoms with Crippen LogP contribution in [0.15, 0.2) is 12.1 Å². The Morgan fingerprint density at radius 3 is 2.65 bits per heavy atom. The van der Waals surface area contributed by atoms with Crippen LogP contribution in [0, 0.1) is 0 Å². The molecule has 0 atom stereocenters. The highest BCUT2D eigenvalue weighted by Crippen LogP contribution is 2.33. The van der Waals surface area contributed by atoms with Gasteiger partial charge in [-0.15, -0.1) is 0 Å². The summed E-state index contributed by atoms with van der Waals surface area (Å²) in [6.07, 6.45) is 3.60. The number of methoxy groups -OCH3 is 2. The van der Waals surface area contributed by atoms with E-state index < -0.39 is 0 Å². The third-order valence-corrected chi connectivity index (χ3v) is 4.58. The van der Waals surface area contributed by atoms with Gasteiger partial charge in [-0.05, 0) is 44.0 Å². The van der Waals surface area contributed by atoms with Crippen molar-refractivity contribution in [2.75, 3.05) is 33.9 Å². The number of nitrogens with zero attached hydrogens (tertiary/aromatic N) is 1. The Balaban J connectivity index is 1.82. The van der Waals surface area contributed by atoms with Crippen LogP contribution in [0.25, 0.3) is 0 Å². The summed E-state index contributed by atoms with van der Waals surface area (Å²) in [5.41, 5.74) is 2.73. The van der Waals surface area contributed by atoms with Crippen LogP contribution in [-0.2, 0) is 13.0 Å². The molecule has 3 rings (SSSR count). The van der Waals surface area contributed by atoms with Crippen LogP contribution in [-0.4, -0.2) is 44.8 Å². The normalized spacial score (nSPS) is 20.5. The molecule has 0 aliphatic carbocycles. The Labute approximate surface area is 121 Å². The van der Waals surface area contributed by atoms with E-state index in [1.54, 1.807) is 14.2 Å². The second-order valence-corrected chi connectivity index (χ2v) is 5.67. The van der Waals surface area contributed by atoms with Gasteiger partial charge in [0, 0.05) is 30.8 Å². The van der Waals surface area contributed by atoms with Crippen molar-refractivity contribution < 1.29 is 9.47 Å². The van der Waals surface area contributed by atoms with Crippen LogP contribution in [0.4, 0.5) is 0 Å². The van der Waals surface area contributed by atoms with E-state index in [4.69, 9.17) is 9.47 Å². The molecule has 110 valence electrons. The van der Waals surface area contributed by atoms with Crippen LogP contribution in [0.5, 0.6) is 11.5 Å². The summed E-state index contributed by atoms with van der Waals surface area (Å²) in [5, 5.41) is 3.44. The summed E-state index contributed by atoms with van der Waals surface area (Å²) >= 11 is 0. The minimum absolute atomic E-state index is 0.724. The summed E-state index contributed by atoms with van der Waals surface area (Å²) in [5.74, 6) is 1.87. The first-order valence-corrected chi connectivity index (χ1v) is 7.50. The average molecular weight is 276 g/mol. The van der Waals surface area contributed by atoms with Gasteiger partial charge >= 0.3 is 0 Å². The molecule has 2 heterocycles. The van der Waals surface area contributed by atoms with Crippen molar-refractivity contribution in [2.45, 2.75) is 31.8 Å². The van der Waals surface area contributed by atoms with E-state index >= 15 is 0 Å². The van der Waals surface area contributed by atoms with Gasteiger partial charge in [0.25, 0.3) is 0 Å². The van der Waals surface area contributed by atoms with Crippen molar-refractivity contribution >= 4 is 0 Å². The molecule has 1 aromatic carbocycles. The highest BCUT2D eigenvalue weighted by molar-refractivity contribution is 5.47. The highest BCUT2D eigenvalue weighted by atomic mass is 16.5. The quantitative estimate of drug-likeness (QED) is 0.913. The van der Waals surface area contributed by atoms with Crippen molar-refractivity contribution in [3.63, 3.8) is 0 Å². The summed E-state index contributed by atoms with van der Waals surface area (Å²) in [4.78, 5) is 2.63. The average Bonchev–Trinajstić information content (AvgIpc) is 2.54. The standard InChI is InChI=1S/C16H24N2O2/c1-19-14-9-12-11-18(13-3-6-17-7-4-13)8-5-15(12)16(10-14)20-2/h9-10,13,17H,3-8,11H2,1-2H3. The molecule has 20 heavy (non-hydrogen) atoms. The van der Waals surface area contributed by atoms with E-state index in [1.165, 1.54) is 24.0 Å². The van der Waals surface area contributed by atoms with E-state index in [2.05, 4.69) is 16.3 Å². The Morgan fingerprint density at radius 2 is 1.95 bits per heavy atom. The third kappa shape index (κ3) is 2.63. The number of hydrogen-bond donors (Lipinski definition) is 1. The summed E-state index contributed by atoms with van der Waals surface area (Å²) in [6.45, 7) is 4.46. The summed E-state index contributed by atoms with van der Waals surface area (Å²) in [6, 6.07) is 4.89. The van der Waals surface area contributed by atoms with Crippen molar-refractivity contribution in [3.8, 4) is 11.5 Å². The fraction of sp³-hybridized carbons (Fsp3) is 0.625. The van der Waals surface area contributed by atoms with Crippen LogP contribution in [0.2, 0.25) is 0 Å². The van der Waals surface area contributed by atoms with Gasteiger partial charge in [-0.2, -0.15) is 0 Å². The number of nitrogens with one attached hydrogen (secondary N) is 1. The lowest BCUT2D eigenvalue weighted by atomic mass is 9.95. The molecule has 2 aliphatic heterocycles. The van der Waals surface area contributed by atoms with E-state index in [0.717, 1.165) is 50.1 Å². The SMILES string of the molecule is COc1cc2c(c(OC)c1)CCN(C1CCNCC1)C2. The zero-order chi connectivity index (χ0) is 13.9. The molecular weight excluding hydrogens is 252 g/mol.